The lowest BCUT2D eigenvalue weighted by Gasteiger charge is -2.26. The van der Waals surface area contributed by atoms with E-state index in [0.29, 0.717) is 6.04 Å². The van der Waals surface area contributed by atoms with E-state index in [1.807, 2.05) is 0 Å². The van der Waals surface area contributed by atoms with Crippen LogP contribution < -0.4 is 10.2 Å². The van der Waals surface area contributed by atoms with Crippen LogP contribution in [0.3, 0.4) is 0 Å². The molecule has 19 heavy (non-hydrogen) atoms. The Hall–Kier alpha value is -1.09. The second-order valence-corrected chi connectivity index (χ2v) is 6.34. The second-order valence-electron chi connectivity index (χ2n) is 6.34. The molecular weight excluding hydrogens is 234 g/mol. The number of pyridine rings is 1. The summed E-state index contributed by atoms with van der Waals surface area (Å²) in [7, 11) is 2.13. The smallest absolute Gasteiger partial charge is 0.128 e. The molecule has 1 atom stereocenters. The molecule has 1 aromatic heterocycles. The van der Waals surface area contributed by atoms with Crippen molar-refractivity contribution in [1.29, 1.82) is 0 Å². The van der Waals surface area contributed by atoms with Crippen LogP contribution in [-0.2, 0) is 6.54 Å². The molecule has 108 valence electrons. The van der Waals surface area contributed by atoms with E-state index in [0.717, 1.165) is 18.1 Å². The summed E-state index contributed by atoms with van der Waals surface area (Å²) in [4.78, 5) is 7.01. The molecule has 0 aliphatic heterocycles. The molecule has 0 saturated heterocycles. The molecule has 0 fully saturated rings. The van der Waals surface area contributed by atoms with Crippen LogP contribution in [0.4, 0.5) is 5.82 Å². The van der Waals surface area contributed by atoms with Crippen LogP contribution in [-0.4, -0.2) is 23.6 Å². The van der Waals surface area contributed by atoms with Crippen molar-refractivity contribution < 1.29 is 0 Å². The van der Waals surface area contributed by atoms with Gasteiger partial charge in [-0.1, -0.05) is 19.4 Å². The third-order valence-electron chi connectivity index (χ3n) is 3.32. The van der Waals surface area contributed by atoms with Gasteiger partial charge in [-0.15, -0.1) is 0 Å². The molecule has 0 aliphatic carbocycles. The van der Waals surface area contributed by atoms with Crippen LogP contribution in [0.25, 0.3) is 0 Å². The van der Waals surface area contributed by atoms with E-state index < -0.39 is 0 Å². The fourth-order valence-electron chi connectivity index (χ4n) is 1.95. The molecule has 0 saturated carbocycles. The fraction of sp³-hybridized carbons (Fsp3) is 0.688. The van der Waals surface area contributed by atoms with Crippen LogP contribution in [0.1, 0.15) is 53.2 Å². The molecule has 1 heterocycles. The van der Waals surface area contributed by atoms with Gasteiger partial charge in [-0.25, -0.2) is 4.98 Å². The Morgan fingerprint density at radius 2 is 2.00 bits per heavy atom. The van der Waals surface area contributed by atoms with Crippen molar-refractivity contribution in [3.05, 3.63) is 23.9 Å². The van der Waals surface area contributed by atoms with Gasteiger partial charge in [0.05, 0.1) is 5.69 Å². The number of rotatable bonds is 6. The maximum Gasteiger partial charge on any atom is 0.128 e. The summed E-state index contributed by atoms with van der Waals surface area (Å²) in [6.07, 6.45) is 2.40. The first-order valence-electron chi connectivity index (χ1n) is 7.27. The molecule has 0 bridgehead atoms. The van der Waals surface area contributed by atoms with Crippen molar-refractivity contribution in [3.8, 4) is 0 Å². The Morgan fingerprint density at radius 3 is 2.58 bits per heavy atom. The van der Waals surface area contributed by atoms with Crippen LogP contribution in [0, 0.1) is 0 Å². The SMILES string of the molecule is CCCC(C)N(C)c1cccc(CNC(C)(C)C)n1. The molecule has 0 radical (unpaired) electrons. The highest BCUT2D eigenvalue weighted by atomic mass is 15.2. The first-order chi connectivity index (χ1) is 8.83. The number of nitrogens with zero attached hydrogens (tertiary/aromatic N) is 2. The van der Waals surface area contributed by atoms with E-state index in [9.17, 15) is 0 Å². The Balaban J connectivity index is 2.71. The zero-order valence-electron chi connectivity index (χ0n) is 13.3. The van der Waals surface area contributed by atoms with Gasteiger partial charge in [0.15, 0.2) is 0 Å². The lowest BCUT2D eigenvalue weighted by Crippen LogP contribution is -2.35. The van der Waals surface area contributed by atoms with Crippen molar-refractivity contribution in [3.63, 3.8) is 0 Å². The van der Waals surface area contributed by atoms with Crippen LogP contribution in [0.2, 0.25) is 0 Å². The lowest BCUT2D eigenvalue weighted by atomic mass is 10.1. The molecule has 3 heteroatoms. The monoisotopic (exact) mass is 263 g/mol. The fourth-order valence-corrected chi connectivity index (χ4v) is 1.95. The zero-order valence-corrected chi connectivity index (χ0v) is 13.3. The van der Waals surface area contributed by atoms with Gasteiger partial charge in [-0.05, 0) is 46.2 Å². The summed E-state index contributed by atoms with van der Waals surface area (Å²) >= 11 is 0. The quantitative estimate of drug-likeness (QED) is 0.850. The largest absolute Gasteiger partial charge is 0.357 e. The predicted octanol–water partition coefficient (Wildman–Crippen LogP) is 3.59. The maximum absolute atomic E-state index is 4.74. The summed E-state index contributed by atoms with van der Waals surface area (Å²) in [5.41, 5.74) is 1.22. The third-order valence-corrected chi connectivity index (χ3v) is 3.32. The molecule has 3 nitrogen and oxygen atoms in total. The molecule has 1 rings (SSSR count). The Labute approximate surface area is 118 Å². The van der Waals surface area contributed by atoms with Crippen molar-refractivity contribution in [2.45, 2.75) is 65.6 Å². The summed E-state index contributed by atoms with van der Waals surface area (Å²) in [6.45, 7) is 11.8. The van der Waals surface area contributed by atoms with Gasteiger partial charge < -0.3 is 10.2 Å². The van der Waals surface area contributed by atoms with Crippen LogP contribution >= 0.6 is 0 Å². The molecule has 1 unspecified atom stereocenters. The summed E-state index contributed by atoms with van der Waals surface area (Å²) in [5, 5.41) is 3.48. The highest BCUT2D eigenvalue weighted by Gasteiger charge is 2.12. The average Bonchev–Trinajstić information content (AvgIpc) is 2.35. The highest BCUT2D eigenvalue weighted by molar-refractivity contribution is 5.39. The van der Waals surface area contributed by atoms with Gasteiger partial charge in [0.1, 0.15) is 5.82 Å². The second kappa shape index (κ2) is 6.90. The van der Waals surface area contributed by atoms with Crippen molar-refractivity contribution in [1.82, 2.24) is 10.3 Å². The van der Waals surface area contributed by atoms with Crippen molar-refractivity contribution in [2.75, 3.05) is 11.9 Å². The lowest BCUT2D eigenvalue weighted by molar-refractivity contribution is 0.421. The minimum absolute atomic E-state index is 0.124. The predicted molar refractivity (Wildman–Crippen MR) is 83.6 cm³/mol. The van der Waals surface area contributed by atoms with Crippen LogP contribution in [0.15, 0.2) is 18.2 Å². The topological polar surface area (TPSA) is 28.2 Å². The Bertz CT molecular complexity index is 382. The summed E-state index contributed by atoms with van der Waals surface area (Å²) in [6, 6.07) is 6.80. The summed E-state index contributed by atoms with van der Waals surface area (Å²) < 4.78 is 0. The molecule has 0 amide bonds. The molecule has 0 spiro atoms. The van der Waals surface area contributed by atoms with E-state index in [-0.39, 0.29) is 5.54 Å². The van der Waals surface area contributed by atoms with Gasteiger partial charge in [-0.2, -0.15) is 0 Å². The van der Waals surface area contributed by atoms with Gasteiger partial charge in [-0.3, -0.25) is 0 Å². The van der Waals surface area contributed by atoms with Gasteiger partial charge in [0.2, 0.25) is 0 Å². The first kappa shape index (κ1) is 16.0. The van der Waals surface area contributed by atoms with E-state index in [4.69, 9.17) is 4.98 Å². The van der Waals surface area contributed by atoms with Gasteiger partial charge in [0.25, 0.3) is 0 Å². The standard InChI is InChI=1S/C16H29N3/c1-7-9-13(2)19(6)15-11-8-10-14(18-15)12-17-16(3,4)5/h8,10-11,13,17H,7,9,12H2,1-6H3. The van der Waals surface area contributed by atoms with Crippen molar-refractivity contribution in [2.24, 2.45) is 0 Å². The number of nitrogens with one attached hydrogen (secondary N) is 1. The normalized spacial score (nSPS) is 13.4. The Kier molecular flexibility index (Phi) is 5.80. The number of aromatic nitrogens is 1. The Morgan fingerprint density at radius 1 is 1.32 bits per heavy atom. The minimum atomic E-state index is 0.124. The van der Waals surface area contributed by atoms with E-state index in [2.05, 4.69) is 70.1 Å². The van der Waals surface area contributed by atoms with E-state index >= 15 is 0 Å². The number of hydrogen-bond donors (Lipinski definition) is 1. The molecule has 1 aromatic rings. The van der Waals surface area contributed by atoms with Crippen LogP contribution in [0.5, 0.6) is 0 Å². The van der Waals surface area contributed by atoms with E-state index in [1.165, 1.54) is 12.8 Å². The third kappa shape index (κ3) is 5.60. The molecular formula is C16H29N3. The molecule has 0 aliphatic rings. The average molecular weight is 263 g/mol. The molecule has 0 aromatic carbocycles. The first-order valence-corrected chi connectivity index (χ1v) is 7.27. The van der Waals surface area contributed by atoms with E-state index in [1.54, 1.807) is 0 Å². The summed E-state index contributed by atoms with van der Waals surface area (Å²) in [5.74, 6) is 1.06. The zero-order chi connectivity index (χ0) is 14.5. The maximum atomic E-state index is 4.74. The minimum Gasteiger partial charge on any atom is -0.357 e. The van der Waals surface area contributed by atoms with Gasteiger partial charge >= 0.3 is 0 Å². The molecule has 1 N–H and O–H groups in total. The van der Waals surface area contributed by atoms with Crippen molar-refractivity contribution >= 4 is 5.82 Å². The van der Waals surface area contributed by atoms with Gasteiger partial charge in [0, 0.05) is 25.2 Å². The number of anilines is 1. The number of hydrogen-bond acceptors (Lipinski definition) is 3. The highest BCUT2D eigenvalue weighted by Crippen LogP contribution is 2.15.